The molecule has 2 aromatic carbocycles. The van der Waals surface area contributed by atoms with Crippen molar-refractivity contribution in [3.8, 4) is 0 Å². The molecule has 1 atom stereocenters. The van der Waals surface area contributed by atoms with Gasteiger partial charge in [-0.05, 0) is 12.5 Å². The average Bonchev–Trinajstić information content (AvgIpc) is 3.02. The maximum absolute atomic E-state index is 12.3. The van der Waals surface area contributed by atoms with Crippen LogP contribution in [-0.2, 0) is 6.42 Å². The maximum Gasteiger partial charge on any atom is 0.277 e. The third-order valence-electron chi connectivity index (χ3n) is 3.35. The fourth-order valence-corrected chi connectivity index (χ4v) is 2.95. The van der Waals surface area contributed by atoms with Gasteiger partial charge in [-0.25, -0.2) is 0 Å². The Hall–Kier alpha value is -2.40. The van der Waals surface area contributed by atoms with Crippen molar-refractivity contribution >= 4 is 17.5 Å². The van der Waals surface area contributed by atoms with E-state index in [0.717, 1.165) is 5.56 Å². The van der Waals surface area contributed by atoms with Crippen LogP contribution in [0.3, 0.4) is 0 Å². The van der Waals surface area contributed by atoms with E-state index in [4.69, 9.17) is 4.42 Å². The number of hydrogen-bond donors (Lipinski definition) is 0. The van der Waals surface area contributed by atoms with Crippen LogP contribution in [0.15, 0.2) is 70.3 Å². The van der Waals surface area contributed by atoms with Gasteiger partial charge in [0, 0.05) is 5.56 Å². The predicted molar refractivity (Wildman–Crippen MR) is 89.6 cm³/mol. The van der Waals surface area contributed by atoms with E-state index < -0.39 is 0 Å². The van der Waals surface area contributed by atoms with Gasteiger partial charge in [0.2, 0.25) is 5.89 Å². The van der Waals surface area contributed by atoms with Crippen LogP contribution >= 0.6 is 11.8 Å². The van der Waals surface area contributed by atoms with Gasteiger partial charge in [-0.1, -0.05) is 72.4 Å². The molecule has 1 heterocycles. The summed E-state index contributed by atoms with van der Waals surface area (Å²) >= 11 is 1.29. The first kappa shape index (κ1) is 15.5. The molecule has 0 amide bonds. The molecule has 1 aromatic heterocycles. The normalized spacial score (nSPS) is 12.0. The lowest BCUT2D eigenvalue weighted by atomic mass is 10.1. The number of rotatable bonds is 6. The first-order valence-corrected chi connectivity index (χ1v) is 8.22. The topological polar surface area (TPSA) is 56.0 Å². The Morgan fingerprint density at radius 3 is 2.39 bits per heavy atom. The minimum Gasteiger partial charge on any atom is -0.416 e. The highest BCUT2D eigenvalue weighted by Crippen LogP contribution is 2.25. The largest absolute Gasteiger partial charge is 0.416 e. The molecule has 0 aliphatic heterocycles. The number of carbonyl (C=O) groups excluding carboxylic acids is 1. The second-order valence-corrected chi connectivity index (χ2v) is 6.41. The molecule has 3 aromatic rings. The Kier molecular flexibility index (Phi) is 4.88. The summed E-state index contributed by atoms with van der Waals surface area (Å²) in [5, 5.41) is 8.22. The lowest BCUT2D eigenvalue weighted by Gasteiger charge is -2.06. The van der Waals surface area contributed by atoms with E-state index in [-0.39, 0.29) is 11.0 Å². The van der Waals surface area contributed by atoms with Gasteiger partial charge in [-0.15, -0.1) is 10.2 Å². The predicted octanol–water partition coefficient (Wildman–Crippen LogP) is 4.02. The summed E-state index contributed by atoms with van der Waals surface area (Å²) in [4.78, 5) is 12.3. The quantitative estimate of drug-likeness (QED) is 0.506. The Balaban J connectivity index is 1.63. The molecular weight excluding hydrogens is 308 g/mol. The molecule has 3 rings (SSSR count). The molecule has 0 radical (unpaired) electrons. The van der Waals surface area contributed by atoms with Crippen LogP contribution in [0.2, 0.25) is 0 Å². The zero-order chi connectivity index (χ0) is 16.1. The molecule has 0 saturated carbocycles. The summed E-state index contributed by atoms with van der Waals surface area (Å²) in [5.74, 6) is 0.608. The minimum atomic E-state index is -0.276. The van der Waals surface area contributed by atoms with Crippen molar-refractivity contribution in [2.24, 2.45) is 0 Å². The summed E-state index contributed by atoms with van der Waals surface area (Å²) in [6.45, 7) is 1.85. The number of Topliss-reactive ketones (excluding diaryl/α,β-unsaturated/α-hetero) is 1. The van der Waals surface area contributed by atoms with Crippen LogP contribution in [0.25, 0.3) is 0 Å². The van der Waals surface area contributed by atoms with Gasteiger partial charge in [0.05, 0.1) is 11.7 Å². The van der Waals surface area contributed by atoms with Crippen LogP contribution in [-0.4, -0.2) is 21.2 Å². The van der Waals surface area contributed by atoms with Crippen molar-refractivity contribution in [2.45, 2.75) is 23.8 Å². The molecule has 0 aliphatic rings. The van der Waals surface area contributed by atoms with Gasteiger partial charge in [0.1, 0.15) is 0 Å². The van der Waals surface area contributed by atoms with Crippen molar-refractivity contribution in [3.05, 3.63) is 77.7 Å². The third kappa shape index (κ3) is 4.07. The number of ketones is 1. The molecule has 0 N–H and O–H groups in total. The molecule has 0 saturated heterocycles. The average molecular weight is 324 g/mol. The zero-order valence-electron chi connectivity index (χ0n) is 12.7. The third-order valence-corrected chi connectivity index (χ3v) is 4.29. The number of aromatic nitrogens is 2. The monoisotopic (exact) mass is 324 g/mol. The summed E-state index contributed by atoms with van der Waals surface area (Å²) in [5.41, 5.74) is 1.80. The Morgan fingerprint density at radius 2 is 1.70 bits per heavy atom. The van der Waals surface area contributed by atoms with E-state index in [1.165, 1.54) is 11.8 Å². The number of carbonyl (C=O) groups is 1. The Morgan fingerprint density at radius 1 is 1.04 bits per heavy atom. The van der Waals surface area contributed by atoms with Gasteiger partial charge >= 0.3 is 0 Å². The van der Waals surface area contributed by atoms with E-state index in [2.05, 4.69) is 10.2 Å². The SMILES string of the molecule is C[C@@H](Sc1nnc(Cc2ccccc2)o1)C(=O)c1ccccc1. The number of thioether (sulfide) groups is 1. The van der Waals surface area contributed by atoms with Crippen molar-refractivity contribution in [2.75, 3.05) is 0 Å². The molecule has 116 valence electrons. The van der Waals surface area contributed by atoms with E-state index in [1.807, 2.05) is 67.6 Å². The highest BCUT2D eigenvalue weighted by atomic mass is 32.2. The second-order valence-electron chi connectivity index (χ2n) is 5.11. The van der Waals surface area contributed by atoms with Gasteiger partial charge in [0.25, 0.3) is 5.22 Å². The molecule has 0 fully saturated rings. The lowest BCUT2D eigenvalue weighted by Crippen LogP contribution is -2.13. The molecule has 0 spiro atoms. The first-order valence-electron chi connectivity index (χ1n) is 7.34. The molecule has 0 aliphatic carbocycles. The van der Waals surface area contributed by atoms with E-state index in [0.29, 0.717) is 23.1 Å². The second kappa shape index (κ2) is 7.24. The van der Waals surface area contributed by atoms with Crippen LogP contribution in [0.5, 0.6) is 0 Å². The summed E-state index contributed by atoms with van der Waals surface area (Å²) < 4.78 is 5.63. The summed E-state index contributed by atoms with van der Waals surface area (Å²) in [6.07, 6.45) is 0.593. The fourth-order valence-electron chi connectivity index (χ4n) is 2.17. The van der Waals surface area contributed by atoms with Gasteiger partial charge in [-0.3, -0.25) is 4.79 Å². The van der Waals surface area contributed by atoms with E-state index in [9.17, 15) is 4.79 Å². The van der Waals surface area contributed by atoms with E-state index in [1.54, 1.807) is 0 Å². The van der Waals surface area contributed by atoms with Gasteiger partial charge < -0.3 is 4.42 Å². The summed E-state index contributed by atoms with van der Waals surface area (Å²) in [6, 6.07) is 19.2. The molecule has 4 nitrogen and oxygen atoms in total. The first-order chi connectivity index (χ1) is 11.2. The van der Waals surface area contributed by atoms with Gasteiger partial charge in [0.15, 0.2) is 5.78 Å². The number of benzene rings is 2. The van der Waals surface area contributed by atoms with Crippen molar-refractivity contribution in [1.29, 1.82) is 0 Å². The Labute approximate surface area is 138 Å². The van der Waals surface area contributed by atoms with Crippen LogP contribution < -0.4 is 0 Å². The van der Waals surface area contributed by atoms with Crippen LogP contribution in [0.4, 0.5) is 0 Å². The van der Waals surface area contributed by atoms with Crippen LogP contribution in [0, 0.1) is 0 Å². The number of nitrogens with zero attached hydrogens (tertiary/aromatic N) is 2. The van der Waals surface area contributed by atoms with Crippen LogP contribution in [0.1, 0.15) is 28.7 Å². The van der Waals surface area contributed by atoms with E-state index >= 15 is 0 Å². The van der Waals surface area contributed by atoms with Crippen molar-refractivity contribution in [1.82, 2.24) is 10.2 Å². The van der Waals surface area contributed by atoms with Gasteiger partial charge in [-0.2, -0.15) is 0 Å². The molecular formula is C18H16N2O2S. The summed E-state index contributed by atoms with van der Waals surface area (Å²) in [7, 11) is 0. The zero-order valence-corrected chi connectivity index (χ0v) is 13.5. The fraction of sp³-hybridized carbons (Fsp3) is 0.167. The Bertz CT molecular complexity index is 772. The maximum atomic E-state index is 12.3. The van der Waals surface area contributed by atoms with Crippen molar-refractivity contribution in [3.63, 3.8) is 0 Å². The lowest BCUT2D eigenvalue weighted by molar-refractivity contribution is 0.0993. The minimum absolute atomic E-state index is 0.0541. The highest BCUT2D eigenvalue weighted by molar-refractivity contribution is 8.00. The smallest absolute Gasteiger partial charge is 0.277 e. The standard InChI is InChI=1S/C18H16N2O2S/c1-13(17(21)15-10-6-3-7-11-15)23-18-20-19-16(22-18)12-14-8-4-2-5-9-14/h2-11,13H,12H2,1H3/t13-/m1/s1. The molecule has 5 heteroatoms. The molecule has 23 heavy (non-hydrogen) atoms. The highest BCUT2D eigenvalue weighted by Gasteiger charge is 2.19. The number of hydrogen-bond acceptors (Lipinski definition) is 5. The van der Waals surface area contributed by atoms with Crippen molar-refractivity contribution < 1.29 is 9.21 Å². The molecule has 0 unspecified atom stereocenters. The molecule has 0 bridgehead atoms.